The third-order valence-corrected chi connectivity index (χ3v) is 4.07. The highest BCUT2D eigenvalue weighted by atomic mass is 16.5. The van der Waals surface area contributed by atoms with Gasteiger partial charge in [0.05, 0.1) is 12.7 Å². The molecule has 0 saturated carbocycles. The number of methoxy groups -OCH3 is 1. The van der Waals surface area contributed by atoms with E-state index in [9.17, 15) is 9.59 Å². The van der Waals surface area contributed by atoms with Crippen molar-refractivity contribution < 1.29 is 14.3 Å². The van der Waals surface area contributed by atoms with Crippen molar-refractivity contribution in [2.24, 2.45) is 0 Å². The molecule has 1 aromatic heterocycles. The Morgan fingerprint density at radius 3 is 3.08 bits per heavy atom. The second kappa shape index (κ2) is 7.27. The molecule has 0 fully saturated rings. The van der Waals surface area contributed by atoms with Gasteiger partial charge in [0.2, 0.25) is 0 Å². The average Bonchev–Trinajstić information content (AvgIpc) is 3.05. The molecule has 7 nitrogen and oxygen atoms in total. The van der Waals surface area contributed by atoms with Crippen LogP contribution in [-0.2, 0) is 24.1 Å². The van der Waals surface area contributed by atoms with Gasteiger partial charge in [0.15, 0.2) is 5.69 Å². The average molecular weight is 328 g/mol. The molecule has 0 bridgehead atoms. The van der Waals surface area contributed by atoms with Gasteiger partial charge < -0.3 is 15.4 Å². The zero-order chi connectivity index (χ0) is 16.9. The van der Waals surface area contributed by atoms with Crippen LogP contribution in [0.3, 0.4) is 0 Å². The van der Waals surface area contributed by atoms with Crippen LogP contribution in [-0.4, -0.2) is 42.3 Å². The molecule has 0 atom stereocenters. The smallest absolute Gasteiger partial charge is 0.337 e. The predicted molar refractivity (Wildman–Crippen MR) is 87.8 cm³/mol. The summed E-state index contributed by atoms with van der Waals surface area (Å²) in [5.74, 6) is -0.545. The van der Waals surface area contributed by atoms with E-state index in [1.807, 2.05) is 6.07 Å². The molecule has 126 valence electrons. The molecule has 0 unspecified atom stereocenters. The molecule has 1 aliphatic rings. The maximum absolute atomic E-state index is 12.3. The number of aromatic amines is 1. The van der Waals surface area contributed by atoms with Crippen molar-refractivity contribution in [2.45, 2.75) is 19.4 Å². The summed E-state index contributed by atoms with van der Waals surface area (Å²) < 4.78 is 4.71. The Labute approximate surface area is 139 Å². The van der Waals surface area contributed by atoms with Gasteiger partial charge in [-0.25, -0.2) is 4.79 Å². The number of amides is 1. The number of hydrogen-bond acceptors (Lipinski definition) is 5. The van der Waals surface area contributed by atoms with Crippen molar-refractivity contribution in [3.63, 3.8) is 0 Å². The molecule has 0 saturated heterocycles. The van der Waals surface area contributed by atoms with E-state index in [0.717, 1.165) is 29.8 Å². The molecule has 3 rings (SSSR count). The number of aromatic nitrogens is 2. The zero-order valence-corrected chi connectivity index (χ0v) is 13.5. The molecule has 1 aliphatic heterocycles. The normalized spacial score (nSPS) is 13.2. The number of hydrogen-bond donors (Lipinski definition) is 3. The van der Waals surface area contributed by atoms with E-state index in [2.05, 4.69) is 20.8 Å². The summed E-state index contributed by atoms with van der Waals surface area (Å²) in [6.07, 6.45) is 1.48. The highest BCUT2D eigenvalue weighted by Gasteiger charge is 2.21. The maximum Gasteiger partial charge on any atom is 0.337 e. The van der Waals surface area contributed by atoms with E-state index < -0.39 is 0 Å². The summed E-state index contributed by atoms with van der Waals surface area (Å²) in [5, 5.41) is 13.2. The molecule has 2 heterocycles. The molecule has 3 N–H and O–H groups in total. The fourth-order valence-corrected chi connectivity index (χ4v) is 2.79. The number of nitrogens with one attached hydrogen (secondary N) is 3. The Bertz CT molecular complexity index is 754. The fourth-order valence-electron chi connectivity index (χ4n) is 2.79. The van der Waals surface area contributed by atoms with Crippen molar-refractivity contribution >= 4 is 11.9 Å². The van der Waals surface area contributed by atoms with Crippen LogP contribution in [0, 0.1) is 0 Å². The van der Waals surface area contributed by atoms with Gasteiger partial charge in [-0.2, -0.15) is 5.10 Å². The number of carbonyl (C=O) groups excluding carboxylic acids is 2. The quantitative estimate of drug-likeness (QED) is 0.706. The van der Waals surface area contributed by atoms with Crippen LogP contribution in [0.2, 0.25) is 0 Å². The second-order valence-electron chi connectivity index (χ2n) is 5.65. The molecule has 2 aromatic rings. The molecule has 1 amide bonds. The van der Waals surface area contributed by atoms with Crippen molar-refractivity contribution in [3.8, 4) is 0 Å². The largest absolute Gasteiger partial charge is 0.465 e. The molecule has 0 radical (unpaired) electrons. The molecular formula is C17H20N4O3. The fraction of sp³-hybridized carbons (Fsp3) is 0.353. The van der Waals surface area contributed by atoms with Crippen molar-refractivity contribution in [3.05, 3.63) is 52.3 Å². The Morgan fingerprint density at radius 2 is 2.25 bits per heavy atom. The van der Waals surface area contributed by atoms with Crippen LogP contribution in [0.1, 0.15) is 37.7 Å². The van der Waals surface area contributed by atoms with E-state index in [-0.39, 0.29) is 11.9 Å². The lowest BCUT2D eigenvalue weighted by Gasteiger charge is -2.12. The van der Waals surface area contributed by atoms with Gasteiger partial charge in [-0.15, -0.1) is 0 Å². The number of rotatable bonds is 5. The van der Waals surface area contributed by atoms with Gasteiger partial charge in [-0.3, -0.25) is 9.89 Å². The Hall–Kier alpha value is -2.67. The van der Waals surface area contributed by atoms with E-state index >= 15 is 0 Å². The topological polar surface area (TPSA) is 96.1 Å². The van der Waals surface area contributed by atoms with Gasteiger partial charge in [0.1, 0.15) is 0 Å². The van der Waals surface area contributed by atoms with Gasteiger partial charge in [-0.1, -0.05) is 12.1 Å². The molecule has 24 heavy (non-hydrogen) atoms. The number of benzene rings is 1. The lowest BCUT2D eigenvalue weighted by atomic mass is 10.1. The Balaban J connectivity index is 1.58. The first-order valence-corrected chi connectivity index (χ1v) is 7.91. The zero-order valence-electron chi connectivity index (χ0n) is 13.5. The summed E-state index contributed by atoms with van der Waals surface area (Å²) in [7, 11) is 1.36. The van der Waals surface area contributed by atoms with E-state index in [0.29, 0.717) is 30.8 Å². The van der Waals surface area contributed by atoms with Crippen molar-refractivity contribution in [1.29, 1.82) is 0 Å². The first kappa shape index (κ1) is 16.2. The van der Waals surface area contributed by atoms with Crippen LogP contribution >= 0.6 is 0 Å². The highest BCUT2D eigenvalue weighted by Crippen LogP contribution is 2.15. The second-order valence-corrected chi connectivity index (χ2v) is 5.65. The number of esters is 1. The number of nitrogens with zero attached hydrogens (tertiary/aromatic N) is 1. The van der Waals surface area contributed by atoms with Gasteiger partial charge in [0.25, 0.3) is 5.91 Å². The summed E-state index contributed by atoms with van der Waals surface area (Å²) in [5.41, 5.74) is 3.91. The standard InChI is InChI=1S/C17H20N4O3/c1-24-17(23)12-4-2-3-11(9-12)5-8-19-16(22)15-13-10-18-7-6-14(13)20-21-15/h2-4,9,18H,5-8,10H2,1H3,(H,19,22)(H,20,21). The van der Waals surface area contributed by atoms with Crippen LogP contribution in [0.4, 0.5) is 0 Å². The summed E-state index contributed by atoms with van der Waals surface area (Å²) >= 11 is 0. The minimum Gasteiger partial charge on any atom is -0.465 e. The monoisotopic (exact) mass is 328 g/mol. The van der Waals surface area contributed by atoms with E-state index in [1.165, 1.54) is 7.11 Å². The maximum atomic E-state index is 12.3. The number of ether oxygens (including phenoxy) is 1. The first-order valence-electron chi connectivity index (χ1n) is 7.91. The SMILES string of the molecule is COC(=O)c1cccc(CCNC(=O)c2n[nH]c3c2CNCC3)c1. The Morgan fingerprint density at radius 1 is 1.38 bits per heavy atom. The van der Waals surface area contributed by atoms with Crippen LogP contribution in [0.5, 0.6) is 0 Å². The minimum atomic E-state index is -0.364. The van der Waals surface area contributed by atoms with Crippen LogP contribution in [0.25, 0.3) is 0 Å². The van der Waals surface area contributed by atoms with Gasteiger partial charge in [-0.05, 0) is 24.1 Å². The molecule has 0 aliphatic carbocycles. The van der Waals surface area contributed by atoms with Gasteiger partial charge in [0, 0.05) is 37.3 Å². The lowest BCUT2D eigenvalue weighted by molar-refractivity contribution is 0.0600. The summed E-state index contributed by atoms with van der Waals surface area (Å²) in [6.45, 7) is 2.03. The highest BCUT2D eigenvalue weighted by molar-refractivity contribution is 5.94. The minimum absolute atomic E-state index is 0.180. The molecular weight excluding hydrogens is 308 g/mol. The third kappa shape index (κ3) is 3.46. The van der Waals surface area contributed by atoms with Crippen molar-refractivity contribution in [1.82, 2.24) is 20.8 Å². The number of carbonyl (C=O) groups is 2. The van der Waals surface area contributed by atoms with Gasteiger partial charge >= 0.3 is 5.97 Å². The van der Waals surface area contributed by atoms with Crippen LogP contribution < -0.4 is 10.6 Å². The number of fused-ring (bicyclic) bond motifs is 1. The summed E-state index contributed by atoms with van der Waals surface area (Å²) in [6, 6.07) is 7.20. The Kier molecular flexibility index (Phi) is 4.90. The molecule has 0 spiro atoms. The third-order valence-electron chi connectivity index (χ3n) is 4.07. The first-order chi connectivity index (χ1) is 11.7. The summed E-state index contributed by atoms with van der Waals surface area (Å²) in [4.78, 5) is 23.8. The lowest BCUT2D eigenvalue weighted by Crippen LogP contribution is -2.29. The predicted octanol–water partition coefficient (Wildman–Crippen LogP) is 0.814. The molecule has 7 heteroatoms. The number of H-pyrrole nitrogens is 1. The van der Waals surface area contributed by atoms with Crippen molar-refractivity contribution in [2.75, 3.05) is 20.2 Å². The molecule has 1 aromatic carbocycles. The van der Waals surface area contributed by atoms with E-state index in [4.69, 9.17) is 4.74 Å². The van der Waals surface area contributed by atoms with Crippen LogP contribution in [0.15, 0.2) is 24.3 Å². The van der Waals surface area contributed by atoms with E-state index in [1.54, 1.807) is 18.2 Å².